The molecule has 0 aliphatic rings. The highest BCUT2D eigenvalue weighted by molar-refractivity contribution is 5.83. The lowest BCUT2D eigenvalue weighted by atomic mass is 10.1. The molecule has 0 bridgehead atoms. The van der Waals surface area contributed by atoms with Gasteiger partial charge in [-0.3, -0.25) is 9.20 Å². The molecule has 0 saturated heterocycles. The summed E-state index contributed by atoms with van der Waals surface area (Å²) in [6, 6.07) is 7.62. The number of para-hydroxylation sites is 2. The van der Waals surface area contributed by atoms with Crippen molar-refractivity contribution in [3.63, 3.8) is 0 Å². The van der Waals surface area contributed by atoms with Gasteiger partial charge < -0.3 is 14.2 Å². The van der Waals surface area contributed by atoms with E-state index in [-0.39, 0.29) is 23.3 Å². The molecule has 0 spiro atoms. The highest BCUT2D eigenvalue weighted by atomic mass is 16.5. The first kappa shape index (κ1) is 16.5. The van der Waals surface area contributed by atoms with Crippen LogP contribution >= 0.6 is 0 Å². The van der Waals surface area contributed by atoms with Crippen LogP contribution in [0.15, 0.2) is 39.9 Å². The van der Waals surface area contributed by atoms with Crippen LogP contribution in [0.1, 0.15) is 39.6 Å². The van der Waals surface area contributed by atoms with Crippen molar-refractivity contribution in [1.82, 2.24) is 24.1 Å². The Hall–Kier alpha value is -3.00. The molecule has 4 rings (SSSR count). The van der Waals surface area contributed by atoms with E-state index in [2.05, 4.69) is 15.1 Å². The van der Waals surface area contributed by atoms with Crippen LogP contribution in [0.2, 0.25) is 0 Å². The van der Waals surface area contributed by atoms with Crippen molar-refractivity contribution < 1.29 is 9.63 Å². The van der Waals surface area contributed by atoms with Gasteiger partial charge in [-0.2, -0.15) is 4.98 Å². The van der Waals surface area contributed by atoms with E-state index in [9.17, 15) is 9.90 Å². The van der Waals surface area contributed by atoms with Gasteiger partial charge in [-0.15, -0.1) is 0 Å². The number of nitrogens with zero attached hydrogens (tertiary/aromatic N) is 5. The minimum Gasteiger partial charge on any atom is -0.382 e. The first-order valence-corrected chi connectivity index (χ1v) is 8.36. The quantitative estimate of drug-likeness (QED) is 0.608. The van der Waals surface area contributed by atoms with Gasteiger partial charge in [-0.05, 0) is 39.8 Å². The van der Waals surface area contributed by atoms with E-state index in [1.807, 2.05) is 38.1 Å². The predicted octanol–water partition coefficient (Wildman–Crippen LogP) is 2.51. The number of aliphatic hydroxyl groups is 1. The molecule has 3 heterocycles. The molecule has 3 aromatic heterocycles. The summed E-state index contributed by atoms with van der Waals surface area (Å²) in [5, 5.41) is 13.9. The molecule has 1 aromatic carbocycles. The van der Waals surface area contributed by atoms with E-state index in [1.54, 1.807) is 29.1 Å². The van der Waals surface area contributed by atoms with E-state index in [1.165, 1.54) is 0 Å². The zero-order chi connectivity index (χ0) is 18.6. The Morgan fingerprint density at radius 2 is 1.88 bits per heavy atom. The average molecular weight is 353 g/mol. The zero-order valence-electron chi connectivity index (χ0n) is 15.0. The Morgan fingerprint density at radius 3 is 2.50 bits per heavy atom. The normalized spacial score (nSPS) is 12.5. The summed E-state index contributed by atoms with van der Waals surface area (Å²) in [5.41, 5.74) is 0.918. The lowest BCUT2D eigenvalue weighted by Gasteiger charge is -2.15. The van der Waals surface area contributed by atoms with Crippen LogP contribution in [-0.4, -0.2) is 29.2 Å². The summed E-state index contributed by atoms with van der Waals surface area (Å²) in [5.74, 6) is 0.242. The first-order valence-electron chi connectivity index (χ1n) is 8.36. The number of hydrogen-bond acceptors (Lipinski definition) is 6. The maximum absolute atomic E-state index is 13.2. The Labute approximate surface area is 148 Å². The molecular weight excluding hydrogens is 334 g/mol. The summed E-state index contributed by atoms with van der Waals surface area (Å²) < 4.78 is 8.73. The van der Waals surface area contributed by atoms with Gasteiger partial charge in [0, 0.05) is 6.04 Å². The molecule has 0 amide bonds. The maximum atomic E-state index is 13.2. The predicted molar refractivity (Wildman–Crippen MR) is 95.9 cm³/mol. The lowest BCUT2D eigenvalue weighted by Crippen LogP contribution is -2.24. The third-order valence-corrected chi connectivity index (χ3v) is 4.28. The summed E-state index contributed by atoms with van der Waals surface area (Å²) in [4.78, 5) is 21.8. The Morgan fingerprint density at radius 1 is 1.19 bits per heavy atom. The Kier molecular flexibility index (Phi) is 3.48. The highest BCUT2D eigenvalue weighted by Gasteiger charge is 2.26. The number of aromatic nitrogens is 5. The fourth-order valence-corrected chi connectivity index (χ4v) is 3.07. The molecule has 4 aromatic rings. The lowest BCUT2D eigenvalue weighted by molar-refractivity contribution is 0.0661. The largest absolute Gasteiger partial charge is 0.382 e. The molecule has 8 nitrogen and oxygen atoms in total. The first-order chi connectivity index (χ1) is 12.3. The molecule has 134 valence electrons. The molecule has 0 radical (unpaired) electrons. The van der Waals surface area contributed by atoms with E-state index < -0.39 is 5.60 Å². The summed E-state index contributed by atoms with van der Waals surface area (Å²) in [7, 11) is 0. The third-order valence-electron chi connectivity index (χ3n) is 4.28. The van der Waals surface area contributed by atoms with Crippen LogP contribution in [-0.2, 0) is 5.60 Å². The molecule has 0 aliphatic heterocycles. The van der Waals surface area contributed by atoms with Gasteiger partial charge >= 0.3 is 0 Å². The second-order valence-electron chi connectivity index (χ2n) is 7.05. The molecule has 0 fully saturated rings. The van der Waals surface area contributed by atoms with Crippen molar-refractivity contribution in [3.8, 4) is 11.6 Å². The van der Waals surface area contributed by atoms with Gasteiger partial charge in [0.1, 0.15) is 17.4 Å². The number of hydrogen-bond donors (Lipinski definition) is 1. The molecular formula is C18H19N5O3. The maximum Gasteiger partial charge on any atom is 0.279 e. The van der Waals surface area contributed by atoms with Crippen LogP contribution in [0, 0.1) is 0 Å². The second kappa shape index (κ2) is 5.50. The van der Waals surface area contributed by atoms with Gasteiger partial charge in [0.05, 0.1) is 11.0 Å². The van der Waals surface area contributed by atoms with Crippen LogP contribution < -0.4 is 5.56 Å². The van der Waals surface area contributed by atoms with Crippen LogP contribution in [0.5, 0.6) is 0 Å². The van der Waals surface area contributed by atoms with Gasteiger partial charge in [-0.25, -0.2) is 4.98 Å². The zero-order valence-corrected chi connectivity index (χ0v) is 15.0. The molecule has 0 saturated carbocycles. The van der Waals surface area contributed by atoms with E-state index in [4.69, 9.17) is 4.52 Å². The average Bonchev–Trinajstić information content (AvgIpc) is 3.21. The molecule has 1 N–H and O–H groups in total. The van der Waals surface area contributed by atoms with Crippen molar-refractivity contribution in [3.05, 3.63) is 46.8 Å². The van der Waals surface area contributed by atoms with Gasteiger partial charge in [-0.1, -0.05) is 17.3 Å². The topological polar surface area (TPSA) is 98.5 Å². The number of benzene rings is 1. The highest BCUT2D eigenvalue weighted by Crippen LogP contribution is 2.26. The summed E-state index contributed by atoms with van der Waals surface area (Å²) in [6.45, 7) is 7.04. The monoisotopic (exact) mass is 353 g/mol. The molecule has 8 heteroatoms. The van der Waals surface area contributed by atoms with Crippen molar-refractivity contribution in [2.24, 2.45) is 0 Å². The van der Waals surface area contributed by atoms with Crippen molar-refractivity contribution >= 4 is 16.6 Å². The van der Waals surface area contributed by atoms with E-state index in [0.29, 0.717) is 11.2 Å². The Bertz CT molecular complexity index is 1180. The van der Waals surface area contributed by atoms with Crippen LogP contribution in [0.25, 0.3) is 28.1 Å². The van der Waals surface area contributed by atoms with Gasteiger partial charge in [0.2, 0.25) is 5.82 Å². The second-order valence-corrected chi connectivity index (χ2v) is 7.05. The number of rotatable bonds is 3. The minimum atomic E-state index is -1.25. The van der Waals surface area contributed by atoms with Crippen molar-refractivity contribution in [2.75, 3.05) is 0 Å². The molecule has 26 heavy (non-hydrogen) atoms. The number of fused-ring (bicyclic) bond motifs is 3. The van der Waals surface area contributed by atoms with Crippen LogP contribution in [0.4, 0.5) is 0 Å². The van der Waals surface area contributed by atoms with Crippen LogP contribution in [0.3, 0.4) is 0 Å². The molecule has 0 atom stereocenters. The number of imidazole rings is 1. The molecule has 0 unspecified atom stereocenters. The van der Waals surface area contributed by atoms with E-state index in [0.717, 1.165) is 11.0 Å². The fourth-order valence-electron chi connectivity index (χ4n) is 3.07. The molecule has 0 aliphatic carbocycles. The summed E-state index contributed by atoms with van der Waals surface area (Å²) >= 11 is 0. The fraction of sp³-hybridized carbons (Fsp3) is 0.333. The van der Waals surface area contributed by atoms with Crippen molar-refractivity contribution in [1.29, 1.82) is 0 Å². The van der Waals surface area contributed by atoms with E-state index >= 15 is 0 Å². The Balaban J connectivity index is 2.08. The third kappa shape index (κ3) is 2.33. The smallest absolute Gasteiger partial charge is 0.279 e. The summed E-state index contributed by atoms with van der Waals surface area (Å²) in [6.07, 6.45) is 1.58. The minimum absolute atomic E-state index is 0.0326. The van der Waals surface area contributed by atoms with Crippen molar-refractivity contribution in [2.45, 2.75) is 39.3 Å². The SMILES string of the molecule is CC(C)n1c(=O)c2c(-c3nc(C(C)(C)O)no3)ncn2c2ccccc21. The van der Waals surface area contributed by atoms with Gasteiger partial charge in [0.15, 0.2) is 5.69 Å². The standard InChI is InChI=1S/C18H19N5O3/c1-10(2)23-12-8-6-5-7-11(12)22-9-19-13(14(22)16(23)24)15-20-17(21-26-15)18(3,4)25/h5-10,25H,1-4H3. The van der Waals surface area contributed by atoms with Gasteiger partial charge in [0.25, 0.3) is 11.4 Å².